The van der Waals surface area contributed by atoms with Crippen molar-refractivity contribution in [3.8, 4) is 0 Å². The van der Waals surface area contributed by atoms with Gasteiger partial charge in [0.1, 0.15) is 6.54 Å². The van der Waals surface area contributed by atoms with Crippen molar-refractivity contribution in [2.75, 3.05) is 40.9 Å². The molecular weight excluding hydrogens is 338 g/mol. The minimum absolute atomic E-state index is 0.133. The molecule has 1 N–H and O–H groups in total. The average Bonchev–Trinajstić information content (AvgIpc) is 2.23. The second-order valence-corrected chi connectivity index (χ2v) is 6.30. The molecule has 138 valence electrons. The zero-order chi connectivity index (χ0) is 18.7. The first kappa shape index (κ1) is 24.2. The van der Waals surface area contributed by atoms with Crippen LogP contribution < -0.4 is 19.1 Å². The van der Waals surface area contributed by atoms with E-state index in [1.54, 1.807) is 0 Å². The van der Waals surface area contributed by atoms with Gasteiger partial charge in [0.25, 0.3) is 0 Å². The van der Waals surface area contributed by atoms with Crippen LogP contribution in [0.5, 0.6) is 0 Å². The highest BCUT2D eigenvalue weighted by molar-refractivity contribution is 5.71. The zero-order valence-corrected chi connectivity index (χ0v) is 14.4. The fourth-order valence-corrected chi connectivity index (χ4v) is 1.48. The third kappa shape index (κ3) is 26.2. The number of aliphatic carboxylic acids is 1. The van der Waals surface area contributed by atoms with Crippen LogP contribution in [0.1, 0.15) is 19.8 Å². The summed E-state index contributed by atoms with van der Waals surface area (Å²) in [6.45, 7) is 3.09. The Balaban J connectivity index is 0. The smallest absolute Gasteiger partial charge is 0.308 e. The predicted octanol–water partition coefficient (Wildman–Crippen LogP) is -4.95. The van der Waals surface area contributed by atoms with Gasteiger partial charge in [-0.25, -0.2) is 0 Å². The topological polar surface area (TPSA) is 165 Å². The SMILES string of the molecule is CCOCCC(=O)OC(CC(=O)[O-])C[N+](C)(C)C.[O-][Cl+3]([O-])([O-])O. The maximum atomic E-state index is 11.5. The maximum Gasteiger partial charge on any atom is 0.308 e. The molecule has 0 spiro atoms. The molecule has 0 bridgehead atoms. The van der Waals surface area contributed by atoms with E-state index in [2.05, 4.69) is 0 Å². The zero-order valence-electron chi connectivity index (χ0n) is 13.7. The van der Waals surface area contributed by atoms with Gasteiger partial charge in [0.05, 0.1) is 49.1 Å². The van der Waals surface area contributed by atoms with Crippen molar-refractivity contribution in [3.05, 3.63) is 0 Å². The monoisotopic (exact) mass is 361 g/mol. The van der Waals surface area contributed by atoms with Crippen molar-refractivity contribution in [2.24, 2.45) is 0 Å². The number of halogens is 1. The molecular formula is C12H24ClNO9. The van der Waals surface area contributed by atoms with Crippen molar-refractivity contribution in [3.63, 3.8) is 0 Å². The highest BCUT2D eigenvalue weighted by Crippen LogP contribution is 2.06. The van der Waals surface area contributed by atoms with Gasteiger partial charge >= 0.3 is 5.97 Å². The van der Waals surface area contributed by atoms with Crippen LogP contribution in [-0.4, -0.2) is 68.1 Å². The number of hydrogen-bond donors (Lipinski definition) is 1. The highest BCUT2D eigenvalue weighted by Gasteiger charge is 2.22. The predicted molar refractivity (Wildman–Crippen MR) is 65.7 cm³/mol. The van der Waals surface area contributed by atoms with Crippen LogP contribution in [0, 0.1) is 10.2 Å². The summed E-state index contributed by atoms with van der Waals surface area (Å²) in [6, 6.07) is 0. The quantitative estimate of drug-likeness (QED) is 0.240. The largest absolute Gasteiger partial charge is 0.550 e. The molecule has 0 aliphatic heterocycles. The van der Waals surface area contributed by atoms with Gasteiger partial charge < -0.3 is 23.9 Å². The Bertz CT molecular complexity index is 345. The molecule has 0 aromatic rings. The summed E-state index contributed by atoms with van der Waals surface area (Å²) < 4.78 is 43.4. The van der Waals surface area contributed by atoms with Gasteiger partial charge in [-0.3, -0.25) is 4.79 Å². The number of carbonyl (C=O) groups excluding carboxylic acids is 2. The number of quaternary nitrogens is 1. The number of nitrogens with zero attached hydrogens (tertiary/aromatic N) is 1. The van der Waals surface area contributed by atoms with Gasteiger partial charge in [-0.15, -0.1) is 0 Å². The Morgan fingerprint density at radius 2 is 1.70 bits per heavy atom. The summed E-state index contributed by atoms with van der Waals surface area (Å²) in [5.41, 5.74) is 0. The Kier molecular flexibility index (Phi) is 12.1. The Morgan fingerprint density at radius 3 is 2.04 bits per heavy atom. The number of ether oxygens (including phenoxy) is 2. The molecule has 10 nitrogen and oxygen atoms in total. The Hall–Kier alpha value is -1.01. The van der Waals surface area contributed by atoms with Crippen LogP contribution in [0.2, 0.25) is 0 Å². The summed E-state index contributed by atoms with van der Waals surface area (Å²) in [6.07, 6.45) is -0.811. The van der Waals surface area contributed by atoms with E-state index in [1.165, 1.54) is 0 Å². The lowest BCUT2D eigenvalue weighted by molar-refractivity contribution is -1.92. The van der Waals surface area contributed by atoms with Crippen LogP contribution >= 0.6 is 0 Å². The van der Waals surface area contributed by atoms with E-state index in [-0.39, 0.29) is 19.4 Å². The number of carbonyl (C=O) groups is 2. The molecule has 0 saturated carbocycles. The van der Waals surface area contributed by atoms with Crippen molar-refractivity contribution in [2.45, 2.75) is 25.9 Å². The minimum atomic E-state index is -4.69. The maximum absolute atomic E-state index is 11.5. The summed E-state index contributed by atoms with van der Waals surface area (Å²) in [5, 5.41) is 10.6. The molecule has 1 atom stereocenters. The standard InChI is InChI=1S/C12H23NO5.ClHO4/c1-5-17-7-6-12(16)18-10(8-11(14)15)9-13(2,3)4;2-1(3,4)5/h10H,5-9H2,1-4H3;(H,2,3,4,5). The molecule has 11 heteroatoms. The molecule has 0 rings (SSSR count). The fraction of sp³-hybridized carbons (Fsp3) is 0.833. The molecule has 0 aliphatic carbocycles. The molecule has 0 fully saturated rings. The van der Waals surface area contributed by atoms with Crippen LogP contribution in [0.15, 0.2) is 0 Å². The van der Waals surface area contributed by atoms with Crippen LogP contribution in [0.3, 0.4) is 0 Å². The second-order valence-electron chi connectivity index (χ2n) is 5.50. The average molecular weight is 362 g/mol. The Labute approximate surface area is 137 Å². The van der Waals surface area contributed by atoms with Crippen LogP contribution in [0.25, 0.3) is 0 Å². The van der Waals surface area contributed by atoms with Gasteiger partial charge in [-0.2, -0.15) is 14.0 Å². The number of carboxylic acids is 1. The summed E-state index contributed by atoms with van der Waals surface area (Å²) in [5.74, 6) is -1.66. The van der Waals surface area contributed by atoms with Gasteiger partial charge in [-0.05, 0) is 6.92 Å². The van der Waals surface area contributed by atoms with E-state index < -0.39 is 28.3 Å². The lowest BCUT2D eigenvalue weighted by Gasteiger charge is -2.29. The fourth-order valence-electron chi connectivity index (χ4n) is 1.48. The van der Waals surface area contributed by atoms with Gasteiger partial charge in [0.15, 0.2) is 6.10 Å². The molecule has 0 aliphatic rings. The molecule has 0 radical (unpaired) electrons. The summed E-state index contributed by atoms with van der Waals surface area (Å²) in [4.78, 5) is 22.1. The first-order valence-electron chi connectivity index (χ1n) is 6.65. The van der Waals surface area contributed by atoms with E-state index in [0.717, 1.165) is 0 Å². The lowest BCUT2D eigenvalue weighted by atomic mass is 10.2. The van der Waals surface area contributed by atoms with Crippen LogP contribution in [-0.2, 0) is 19.1 Å². The first-order valence-corrected chi connectivity index (χ1v) is 7.91. The molecule has 0 heterocycles. The molecule has 0 amide bonds. The van der Waals surface area contributed by atoms with Gasteiger partial charge in [0, 0.05) is 19.0 Å². The summed E-state index contributed by atoms with van der Waals surface area (Å²) in [7, 11) is 1.00. The van der Waals surface area contributed by atoms with E-state index in [0.29, 0.717) is 17.6 Å². The van der Waals surface area contributed by atoms with Crippen molar-refractivity contribution in [1.29, 1.82) is 0 Å². The molecule has 0 aromatic heterocycles. The van der Waals surface area contributed by atoms with Gasteiger partial charge in [-0.1, -0.05) is 0 Å². The third-order valence-corrected chi connectivity index (χ3v) is 2.10. The molecule has 0 saturated heterocycles. The van der Waals surface area contributed by atoms with E-state index in [1.807, 2.05) is 28.1 Å². The normalized spacial score (nSPS) is 12.9. The van der Waals surface area contributed by atoms with E-state index in [4.69, 9.17) is 28.1 Å². The number of rotatable bonds is 9. The van der Waals surface area contributed by atoms with Crippen molar-refractivity contribution in [1.82, 2.24) is 0 Å². The molecule has 23 heavy (non-hydrogen) atoms. The van der Waals surface area contributed by atoms with Gasteiger partial charge in [0.2, 0.25) is 0 Å². The number of likely N-dealkylation sites (N-methyl/N-ethyl adjacent to an activating group) is 1. The molecule has 1 unspecified atom stereocenters. The highest BCUT2D eigenvalue weighted by atomic mass is 35.7. The number of carboxylic acid groups (broad SMARTS) is 1. The van der Waals surface area contributed by atoms with Crippen LogP contribution in [0.4, 0.5) is 0 Å². The lowest BCUT2D eigenvalue weighted by Crippen LogP contribution is -2.58. The summed E-state index contributed by atoms with van der Waals surface area (Å²) >= 11 is 0. The number of esters is 1. The van der Waals surface area contributed by atoms with Crippen molar-refractivity contribution >= 4 is 11.9 Å². The van der Waals surface area contributed by atoms with E-state index >= 15 is 0 Å². The third-order valence-electron chi connectivity index (χ3n) is 2.10. The van der Waals surface area contributed by atoms with E-state index in [9.17, 15) is 14.7 Å². The Morgan fingerprint density at radius 1 is 1.22 bits per heavy atom. The minimum Gasteiger partial charge on any atom is -0.550 e. The second kappa shape index (κ2) is 11.5. The first-order chi connectivity index (χ1) is 10.2. The molecule has 0 aromatic carbocycles. The van der Waals surface area contributed by atoms with Crippen molar-refractivity contribution < 1.29 is 57.5 Å². The number of hydrogen-bond acceptors (Lipinski definition) is 9.